The van der Waals surface area contributed by atoms with Crippen LogP contribution in [0.25, 0.3) is 10.0 Å². The third kappa shape index (κ3) is 8.11. The zero-order chi connectivity index (χ0) is 39.9. The molecule has 10 nitrogen and oxygen atoms in total. The Morgan fingerprint density at radius 1 is 0.696 bits per heavy atom. The summed E-state index contributed by atoms with van der Waals surface area (Å²) in [5.74, 6) is 3.90. The van der Waals surface area contributed by atoms with Crippen molar-refractivity contribution in [2.24, 2.45) is 0 Å². The average Bonchev–Trinajstić information content (AvgIpc) is 3.89. The minimum absolute atomic E-state index is 0.0648. The molecule has 1 fully saturated rings. The Labute approximate surface area is 347 Å². The van der Waals surface area contributed by atoms with Crippen molar-refractivity contribution >= 4 is 45.7 Å². The smallest absolute Gasteiger partial charge is 0.403 e. The lowest BCUT2D eigenvalue weighted by Crippen LogP contribution is -2.41. The molecule has 4 aromatic heterocycles. The first-order valence-electron chi connectivity index (χ1n) is 19.3. The fourth-order valence-corrected chi connectivity index (χ4v) is 10.7. The number of nitrogens with one attached hydrogen (secondary N) is 2. The van der Waals surface area contributed by atoms with Gasteiger partial charge in [0.1, 0.15) is 21.7 Å². The van der Waals surface area contributed by atoms with Crippen LogP contribution in [0.4, 0.5) is 0 Å². The predicted molar refractivity (Wildman–Crippen MR) is 231 cm³/mol. The van der Waals surface area contributed by atoms with E-state index in [-0.39, 0.29) is 30.4 Å². The number of nitrogens with zero attached hydrogens (tertiary/aromatic N) is 6. The lowest BCUT2D eigenvalue weighted by molar-refractivity contribution is 0.00578. The first kappa shape index (κ1) is 40.7. The summed E-state index contributed by atoms with van der Waals surface area (Å²) in [6.07, 6.45) is 1.91. The van der Waals surface area contributed by atoms with E-state index in [1.54, 1.807) is 11.3 Å². The largest absolute Gasteiger partial charge is 0.454 e. The zero-order valence-corrected chi connectivity index (χ0v) is 37.2. The minimum Gasteiger partial charge on any atom is -0.403 e. The molecule has 0 aliphatic carbocycles. The van der Waals surface area contributed by atoms with Crippen molar-refractivity contribution in [2.75, 3.05) is 0 Å². The molecule has 2 N–H and O–H groups in total. The molecule has 3 aliphatic heterocycles. The number of halogens is 1. The van der Waals surface area contributed by atoms with Crippen molar-refractivity contribution in [3.63, 3.8) is 0 Å². The third-order valence-electron chi connectivity index (χ3n) is 11.2. The molecule has 0 amide bonds. The van der Waals surface area contributed by atoms with E-state index >= 15 is 0 Å². The van der Waals surface area contributed by atoms with Crippen LogP contribution in [0.5, 0.6) is 0 Å². The van der Waals surface area contributed by atoms with E-state index in [0.29, 0.717) is 0 Å². The van der Waals surface area contributed by atoms with Crippen LogP contribution in [0.3, 0.4) is 0 Å². The van der Waals surface area contributed by atoms with Crippen LogP contribution >= 0.6 is 38.6 Å². The van der Waals surface area contributed by atoms with Gasteiger partial charge in [-0.2, -0.15) is 0 Å². The molecular formula is C42H52BBrN8O2S2. The van der Waals surface area contributed by atoms with Gasteiger partial charge in [0, 0.05) is 29.1 Å². The summed E-state index contributed by atoms with van der Waals surface area (Å²) in [5, 5.41) is 27.0. The Bertz CT molecular complexity index is 2140. The summed E-state index contributed by atoms with van der Waals surface area (Å²) in [6.45, 7) is 22.4. The van der Waals surface area contributed by atoms with Crippen LogP contribution < -0.4 is 10.6 Å². The van der Waals surface area contributed by atoms with Gasteiger partial charge in [-0.25, -0.2) is 0 Å². The normalized spacial score (nSPS) is 18.9. The average molecular weight is 856 g/mol. The van der Waals surface area contributed by atoms with Gasteiger partial charge in [0.2, 0.25) is 0 Å². The Balaban J connectivity index is 0.000000139. The fraction of sp³-hybridized carbons (Fsp3) is 0.429. The van der Waals surface area contributed by atoms with E-state index in [4.69, 9.17) is 9.31 Å². The molecule has 0 radical (unpaired) electrons. The van der Waals surface area contributed by atoms with Crippen LogP contribution in [-0.2, 0) is 35.2 Å². The van der Waals surface area contributed by atoms with E-state index in [1.807, 2.05) is 32.0 Å². The molecule has 0 unspecified atom stereocenters. The van der Waals surface area contributed by atoms with Gasteiger partial charge in [0.15, 0.2) is 11.6 Å². The second-order valence-electron chi connectivity index (χ2n) is 15.8. The SMILES string of the molecule is CB1OC(C)(C)C(C)(C)O1.Cc1nnc2n1-c1sc(Br)c(Cc3ccccc3)c1CN[C@H]2C.Cc1sc2c(c1Cc1ccccc1)CN[C@@H](C)c1nnc(C)n1-2. The first-order valence-corrected chi connectivity index (χ1v) is 21.7. The van der Waals surface area contributed by atoms with Crippen molar-refractivity contribution in [2.45, 2.75) is 118 Å². The minimum atomic E-state index is -0.160. The van der Waals surface area contributed by atoms with Gasteiger partial charge in [-0.3, -0.25) is 9.13 Å². The van der Waals surface area contributed by atoms with Gasteiger partial charge in [-0.05, 0) is 120 Å². The summed E-state index contributed by atoms with van der Waals surface area (Å²) < 4.78 is 16.7. The van der Waals surface area contributed by atoms with Crippen molar-refractivity contribution in [1.82, 2.24) is 40.2 Å². The Hall–Kier alpha value is -3.50. The molecule has 1 saturated heterocycles. The maximum absolute atomic E-state index is 5.54. The molecule has 2 atom stereocenters. The number of rotatable bonds is 4. The van der Waals surface area contributed by atoms with Gasteiger partial charge in [0.05, 0.1) is 27.1 Å². The van der Waals surface area contributed by atoms with Crippen LogP contribution in [0.2, 0.25) is 6.82 Å². The molecular weight excluding hydrogens is 803 g/mol. The summed E-state index contributed by atoms with van der Waals surface area (Å²) >= 11 is 7.41. The third-order valence-corrected chi connectivity index (χ3v) is 14.4. The van der Waals surface area contributed by atoms with Crippen molar-refractivity contribution in [1.29, 1.82) is 0 Å². The van der Waals surface area contributed by atoms with E-state index < -0.39 is 0 Å². The quantitative estimate of drug-likeness (QED) is 0.169. The molecule has 9 rings (SSSR count). The topological polar surface area (TPSA) is 104 Å². The molecule has 294 valence electrons. The van der Waals surface area contributed by atoms with Crippen LogP contribution in [0.15, 0.2) is 64.5 Å². The Morgan fingerprint density at radius 3 is 1.57 bits per heavy atom. The summed E-state index contributed by atoms with van der Waals surface area (Å²) in [4.78, 5) is 1.38. The molecule has 0 bridgehead atoms. The standard InChI is InChI=1S/C18H20N4S.C17H17BrN4S.C7H15BO2/c1-11-17-21-20-13(3)22(17)18-16(10-19-11)15(12(2)23-18)9-14-7-5-4-6-8-14;1-10-16-21-20-11(2)22(16)17-14(9-19-10)13(15(18)23-17)8-12-6-4-3-5-7-12;1-6(2)7(3,4)10-8(5)9-6/h4-8,11,19H,9-10H2,1-3H3;3-7,10,19H,8-9H2,1-2H3;1-5H3/t11-;10-;/m00./s1. The Morgan fingerprint density at radius 2 is 1.12 bits per heavy atom. The van der Waals surface area contributed by atoms with Gasteiger partial charge >= 0.3 is 7.12 Å². The second-order valence-corrected chi connectivity index (χ2v) is 19.3. The zero-order valence-electron chi connectivity index (χ0n) is 34.0. The molecule has 0 saturated carbocycles. The molecule has 6 aromatic rings. The van der Waals surface area contributed by atoms with Gasteiger partial charge in [-0.15, -0.1) is 43.1 Å². The monoisotopic (exact) mass is 854 g/mol. The van der Waals surface area contributed by atoms with Crippen LogP contribution in [0, 0.1) is 20.8 Å². The van der Waals surface area contributed by atoms with Crippen LogP contribution in [0.1, 0.15) is 115 Å². The number of hydrogen-bond acceptors (Lipinski definition) is 10. The summed E-state index contributed by atoms with van der Waals surface area (Å²) in [7, 11) is -0.0648. The lowest BCUT2D eigenvalue weighted by atomic mass is 9.90. The molecule has 7 heterocycles. The Kier molecular flexibility index (Phi) is 11.9. The maximum atomic E-state index is 5.54. The van der Waals surface area contributed by atoms with E-state index in [1.165, 1.54) is 52.0 Å². The second kappa shape index (κ2) is 16.4. The highest BCUT2D eigenvalue weighted by Crippen LogP contribution is 2.41. The van der Waals surface area contributed by atoms with Crippen molar-refractivity contribution in [3.8, 4) is 10.0 Å². The number of thiophene rings is 2. The number of fused-ring (bicyclic) bond motifs is 6. The predicted octanol–water partition coefficient (Wildman–Crippen LogP) is 9.56. The van der Waals surface area contributed by atoms with Gasteiger partial charge in [0.25, 0.3) is 0 Å². The summed E-state index contributed by atoms with van der Waals surface area (Å²) in [6, 6.07) is 21.7. The number of aromatic nitrogens is 6. The molecule has 0 spiro atoms. The van der Waals surface area contributed by atoms with Gasteiger partial charge < -0.3 is 19.9 Å². The number of benzene rings is 2. The maximum Gasteiger partial charge on any atom is 0.454 e. The molecule has 3 aliphatic rings. The first-order chi connectivity index (χ1) is 26.6. The number of hydrogen-bond donors (Lipinski definition) is 2. The van der Waals surface area contributed by atoms with Crippen molar-refractivity contribution < 1.29 is 9.31 Å². The highest BCUT2D eigenvalue weighted by atomic mass is 79.9. The fourth-order valence-electron chi connectivity index (χ4n) is 7.45. The summed E-state index contributed by atoms with van der Waals surface area (Å²) in [5.41, 5.74) is 7.90. The number of aryl methyl sites for hydroxylation is 3. The molecule has 56 heavy (non-hydrogen) atoms. The van der Waals surface area contributed by atoms with E-state index in [0.717, 1.165) is 49.2 Å². The highest BCUT2D eigenvalue weighted by Gasteiger charge is 2.48. The molecule has 2 aromatic carbocycles. The van der Waals surface area contributed by atoms with Gasteiger partial charge in [-0.1, -0.05) is 60.7 Å². The van der Waals surface area contributed by atoms with Crippen LogP contribution in [-0.4, -0.2) is 47.8 Å². The van der Waals surface area contributed by atoms with Crippen molar-refractivity contribution in [3.05, 3.63) is 126 Å². The highest BCUT2D eigenvalue weighted by molar-refractivity contribution is 9.11. The van der Waals surface area contributed by atoms with E-state index in [2.05, 4.69) is 165 Å². The van der Waals surface area contributed by atoms with E-state index in [9.17, 15) is 0 Å². The lowest BCUT2D eigenvalue weighted by Gasteiger charge is -2.32. The molecule has 14 heteroatoms.